The van der Waals surface area contributed by atoms with Crippen LogP contribution in [0.3, 0.4) is 0 Å². The third kappa shape index (κ3) is 6.65. The summed E-state index contributed by atoms with van der Waals surface area (Å²) in [7, 11) is 0. The Kier molecular flexibility index (Phi) is 8.98. The molecule has 132 valence electrons. The molecule has 1 aliphatic carbocycles. The van der Waals surface area contributed by atoms with E-state index in [9.17, 15) is 14.4 Å². The Hall–Kier alpha value is -1.97. The van der Waals surface area contributed by atoms with Crippen molar-refractivity contribution in [2.24, 2.45) is 5.92 Å². The molecule has 1 N–H and O–H groups in total. The molecule has 2 aliphatic rings. The monoisotopic (exact) mass is 331 g/mol. The molecule has 24 heavy (non-hydrogen) atoms. The first-order valence-electron chi connectivity index (χ1n) is 8.96. The number of Topliss-reactive ketones (excluding diaryl/α,β-unsaturated/α-hetero) is 2. The zero-order valence-corrected chi connectivity index (χ0v) is 15.1. The van der Waals surface area contributed by atoms with E-state index >= 15 is 0 Å². The van der Waals surface area contributed by atoms with E-state index in [0.29, 0.717) is 18.1 Å². The van der Waals surface area contributed by atoms with Gasteiger partial charge in [0.2, 0.25) is 5.91 Å². The summed E-state index contributed by atoms with van der Waals surface area (Å²) < 4.78 is 0. The van der Waals surface area contributed by atoms with E-state index < -0.39 is 0 Å². The second kappa shape index (κ2) is 10.7. The highest BCUT2D eigenvalue weighted by Gasteiger charge is 2.18. The maximum Gasteiger partial charge on any atom is 0.231 e. The first-order chi connectivity index (χ1) is 11.6. The van der Waals surface area contributed by atoms with Gasteiger partial charge in [0.25, 0.3) is 0 Å². The molecule has 1 amide bonds. The van der Waals surface area contributed by atoms with Gasteiger partial charge in [-0.2, -0.15) is 0 Å². The van der Waals surface area contributed by atoms with Crippen molar-refractivity contribution >= 4 is 23.2 Å². The van der Waals surface area contributed by atoms with Crippen LogP contribution in [0.25, 0.3) is 0 Å². The van der Waals surface area contributed by atoms with Gasteiger partial charge in [-0.25, -0.2) is 0 Å². The molecule has 0 radical (unpaired) electrons. The summed E-state index contributed by atoms with van der Waals surface area (Å²) in [6, 6.07) is 7.38. The number of ketones is 2. The van der Waals surface area contributed by atoms with Crippen molar-refractivity contribution in [2.75, 3.05) is 5.32 Å². The number of rotatable bonds is 1. The largest absolute Gasteiger partial charge is 0.325 e. The number of fused-ring (bicyclic) bond motifs is 1. The first-order valence-corrected chi connectivity index (χ1v) is 8.96. The standard InChI is InChI=1S/C10H9NO2.C8H14O.C2H6/c12-8-5-7-3-1-2-4-9(7)11-10(13)6-8;1-7(9)8-5-3-2-4-6-8;1-2/h1-4H,5-6H2,(H,11,13);8H,2-6H2,1H3;1-2H3. The summed E-state index contributed by atoms with van der Waals surface area (Å²) in [5, 5.41) is 2.69. The maximum atomic E-state index is 11.2. The molecule has 1 heterocycles. The van der Waals surface area contributed by atoms with Crippen LogP contribution in [0.15, 0.2) is 24.3 Å². The molecule has 0 atom stereocenters. The minimum atomic E-state index is -0.213. The summed E-state index contributed by atoms with van der Waals surface area (Å²) in [5.41, 5.74) is 1.66. The van der Waals surface area contributed by atoms with Crippen LogP contribution < -0.4 is 5.32 Å². The van der Waals surface area contributed by atoms with Gasteiger partial charge in [0.1, 0.15) is 11.6 Å². The Labute approximate surface area is 145 Å². The first kappa shape index (κ1) is 20.1. The second-order valence-electron chi connectivity index (χ2n) is 6.04. The lowest BCUT2D eigenvalue weighted by Gasteiger charge is -2.17. The minimum absolute atomic E-state index is 0.00528. The van der Waals surface area contributed by atoms with Crippen LogP contribution >= 0.6 is 0 Å². The van der Waals surface area contributed by atoms with Gasteiger partial charge < -0.3 is 5.32 Å². The predicted octanol–water partition coefficient (Wildman–Crippen LogP) is 4.32. The number of hydrogen-bond acceptors (Lipinski definition) is 3. The van der Waals surface area contributed by atoms with E-state index in [4.69, 9.17) is 0 Å². The summed E-state index contributed by atoms with van der Waals surface area (Å²) in [5.74, 6) is 0.575. The Bertz CT molecular complexity index is 525. The van der Waals surface area contributed by atoms with E-state index in [1.54, 1.807) is 6.92 Å². The fourth-order valence-corrected chi connectivity index (χ4v) is 2.95. The number of carbonyl (C=O) groups is 3. The van der Waals surface area contributed by atoms with Gasteiger partial charge in [-0.15, -0.1) is 0 Å². The minimum Gasteiger partial charge on any atom is -0.325 e. The van der Waals surface area contributed by atoms with E-state index in [1.807, 2.05) is 38.1 Å². The van der Waals surface area contributed by atoms with Gasteiger partial charge in [-0.1, -0.05) is 51.3 Å². The van der Waals surface area contributed by atoms with Gasteiger partial charge in [0.15, 0.2) is 0 Å². The Balaban J connectivity index is 0.000000230. The molecule has 1 fully saturated rings. The lowest BCUT2D eigenvalue weighted by atomic mass is 9.87. The molecule has 4 heteroatoms. The topological polar surface area (TPSA) is 63.2 Å². The highest BCUT2D eigenvalue weighted by molar-refractivity contribution is 6.07. The highest BCUT2D eigenvalue weighted by Crippen LogP contribution is 2.23. The van der Waals surface area contributed by atoms with Crippen molar-refractivity contribution in [2.45, 2.75) is 65.7 Å². The van der Waals surface area contributed by atoms with Gasteiger partial charge >= 0.3 is 0 Å². The second-order valence-corrected chi connectivity index (χ2v) is 6.04. The van der Waals surface area contributed by atoms with Gasteiger partial charge in [-0.05, 0) is 31.4 Å². The molecular weight excluding hydrogens is 302 g/mol. The van der Waals surface area contributed by atoms with Crippen LogP contribution in [0.1, 0.15) is 64.9 Å². The molecule has 0 spiro atoms. The number of benzene rings is 1. The van der Waals surface area contributed by atoms with E-state index in [-0.39, 0.29) is 18.1 Å². The van der Waals surface area contributed by atoms with Crippen LogP contribution in [0.2, 0.25) is 0 Å². The predicted molar refractivity (Wildman–Crippen MR) is 97.0 cm³/mol. The zero-order valence-electron chi connectivity index (χ0n) is 15.1. The molecule has 0 bridgehead atoms. The number of para-hydroxylation sites is 1. The average molecular weight is 331 g/mol. The van der Waals surface area contributed by atoms with Crippen molar-refractivity contribution in [3.63, 3.8) is 0 Å². The van der Waals surface area contributed by atoms with E-state index in [2.05, 4.69) is 5.32 Å². The van der Waals surface area contributed by atoms with E-state index in [0.717, 1.165) is 24.1 Å². The van der Waals surface area contributed by atoms with Crippen molar-refractivity contribution < 1.29 is 14.4 Å². The Morgan fingerprint density at radius 2 is 1.62 bits per heavy atom. The van der Waals surface area contributed by atoms with Gasteiger partial charge in [0.05, 0.1) is 6.42 Å². The number of carbonyl (C=O) groups excluding carboxylic acids is 3. The smallest absolute Gasteiger partial charge is 0.231 e. The van der Waals surface area contributed by atoms with Crippen LogP contribution in [0.5, 0.6) is 0 Å². The fourth-order valence-electron chi connectivity index (χ4n) is 2.95. The summed E-state index contributed by atoms with van der Waals surface area (Å²) in [6.07, 6.45) is 6.52. The van der Waals surface area contributed by atoms with Crippen LogP contribution in [0.4, 0.5) is 5.69 Å². The zero-order chi connectivity index (χ0) is 17.9. The lowest BCUT2D eigenvalue weighted by molar-refractivity contribution is -0.125. The molecule has 0 aromatic heterocycles. The van der Waals surface area contributed by atoms with Gasteiger partial charge in [0, 0.05) is 18.0 Å². The van der Waals surface area contributed by atoms with Gasteiger partial charge in [-0.3, -0.25) is 14.4 Å². The molecule has 4 nitrogen and oxygen atoms in total. The normalized spacial score (nSPS) is 17.1. The lowest BCUT2D eigenvalue weighted by Crippen LogP contribution is -2.13. The molecule has 0 saturated heterocycles. The molecule has 1 aromatic carbocycles. The average Bonchev–Trinajstić information content (AvgIpc) is 2.74. The van der Waals surface area contributed by atoms with Crippen molar-refractivity contribution in [1.82, 2.24) is 0 Å². The fraction of sp³-hybridized carbons (Fsp3) is 0.550. The maximum absolute atomic E-state index is 11.2. The molecule has 1 saturated carbocycles. The van der Waals surface area contributed by atoms with Crippen molar-refractivity contribution in [3.8, 4) is 0 Å². The Morgan fingerprint density at radius 3 is 2.21 bits per heavy atom. The number of anilines is 1. The molecule has 0 unspecified atom stereocenters. The molecule has 1 aromatic rings. The summed E-state index contributed by atoms with van der Waals surface area (Å²) in [6.45, 7) is 5.72. The van der Waals surface area contributed by atoms with Crippen molar-refractivity contribution in [1.29, 1.82) is 0 Å². The third-order valence-electron chi connectivity index (χ3n) is 4.22. The highest BCUT2D eigenvalue weighted by atomic mass is 16.2. The number of nitrogens with one attached hydrogen (secondary N) is 1. The van der Waals surface area contributed by atoms with Crippen molar-refractivity contribution in [3.05, 3.63) is 29.8 Å². The summed E-state index contributed by atoms with van der Waals surface area (Å²) >= 11 is 0. The number of amides is 1. The van der Waals surface area contributed by atoms with Crippen LogP contribution in [0, 0.1) is 5.92 Å². The van der Waals surface area contributed by atoms with E-state index in [1.165, 1.54) is 19.3 Å². The molecule has 3 rings (SSSR count). The van der Waals surface area contributed by atoms with Crippen LogP contribution in [-0.2, 0) is 20.8 Å². The SMILES string of the molecule is CC.CC(=O)C1CCCCC1.O=C1CC(=O)Nc2ccccc2C1. The Morgan fingerprint density at radius 1 is 1.00 bits per heavy atom. The number of hydrogen-bond donors (Lipinski definition) is 1. The summed E-state index contributed by atoms with van der Waals surface area (Å²) in [4.78, 5) is 33.1. The molecular formula is C20H29NO3. The quantitative estimate of drug-likeness (QED) is 0.779. The molecule has 1 aliphatic heterocycles. The third-order valence-corrected chi connectivity index (χ3v) is 4.22. The van der Waals surface area contributed by atoms with Crippen LogP contribution in [-0.4, -0.2) is 17.5 Å².